The van der Waals surface area contributed by atoms with Gasteiger partial charge in [-0.1, -0.05) is 24.3 Å². The highest BCUT2D eigenvalue weighted by Gasteiger charge is 2.31. The average Bonchev–Trinajstić information content (AvgIpc) is 3.15. The van der Waals surface area contributed by atoms with Crippen LogP contribution >= 0.6 is 0 Å². The van der Waals surface area contributed by atoms with Gasteiger partial charge in [-0.2, -0.15) is 13.2 Å². The summed E-state index contributed by atoms with van der Waals surface area (Å²) >= 11 is 0. The lowest BCUT2D eigenvalue weighted by Crippen LogP contribution is -2.17. The molecular formula is C26H21F3N4O2. The number of fused-ring (bicyclic) bond motifs is 1. The topological polar surface area (TPSA) is 76.0 Å². The van der Waals surface area contributed by atoms with E-state index in [-0.39, 0.29) is 17.4 Å². The Kier molecular flexibility index (Phi) is 6.42. The van der Waals surface area contributed by atoms with Crippen LogP contribution in [0.1, 0.15) is 28.4 Å². The van der Waals surface area contributed by atoms with Crippen molar-refractivity contribution in [1.29, 1.82) is 0 Å². The van der Waals surface area contributed by atoms with Crippen LogP contribution in [-0.2, 0) is 11.0 Å². The van der Waals surface area contributed by atoms with Crippen molar-refractivity contribution in [3.05, 3.63) is 95.6 Å². The lowest BCUT2D eigenvalue weighted by atomic mass is 10.1. The quantitative estimate of drug-likeness (QED) is 0.339. The second kappa shape index (κ2) is 9.46. The number of anilines is 2. The Morgan fingerprint density at radius 1 is 0.971 bits per heavy atom. The zero-order chi connectivity index (χ0) is 25.2. The molecule has 0 saturated heterocycles. The summed E-state index contributed by atoms with van der Waals surface area (Å²) in [4.78, 5) is 29.4. The van der Waals surface area contributed by atoms with E-state index in [0.717, 1.165) is 17.7 Å². The van der Waals surface area contributed by atoms with Crippen molar-refractivity contribution >= 4 is 34.5 Å². The number of nitrogens with one attached hydrogen (secondary N) is 2. The third-order valence-electron chi connectivity index (χ3n) is 5.18. The zero-order valence-electron chi connectivity index (χ0n) is 18.9. The third kappa shape index (κ3) is 5.24. The number of aromatic nitrogens is 2. The smallest absolute Gasteiger partial charge is 0.322 e. The minimum absolute atomic E-state index is 0.130. The van der Waals surface area contributed by atoms with Gasteiger partial charge in [0, 0.05) is 11.3 Å². The van der Waals surface area contributed by atoms with E-state index in [2.05, 4.69) is 15.6 Å². The number of imidazole rings is 1. The Morgan fingerprint density at radius 2 is 1.74 bits per heavy atom. The highest BCUT2D eigenvalue weighted by atomic mass is 19.4. The van der Waals surface area contributed by atoms with Gasteiger partial charge in [-0.25, -0.2) is 4.98 Å². The Balaban J connectivity index is 1.76. The summed E-state index contributed by atoms with van der Waals surface area (Å²) in [5.41, 5.74) is 2.26. The van der Waals surface area contributed by atoms with Crippen molar-refractivity contribution in [3.63, 3.8) is 0 Å². The molecule has 4 rings (SSSR count). The number of nitrogens with zero attached hydrogens (tertiary/aromatic N) is 2. The molecule has 0 radical (unpaired) electrons. The van der Waals surface area contributed by atoms with Crippen LogP contribution in [0.25, 0.3) is 16.7 Å². The summed E-state index contributed by atoms with van der Waals surface area (Å²) in [6, 6.07) is 16.7. The summed E-state index contributed by atoms with van der Waals surface area (Å²) in [5, 5.41) is 5.40. The van der Waals surface area contributed by atoms with E-state index >= 15 is 0 Å². The third-order valence-corrected chi connectivity index (χ3v) is 5.18. The van der Waals surface area contributed by atoms with Crippen LogP contribution in [0.2, 0.25) is 0 Å². The van der Waals surface area contributed by atoms with Crippen molar-refractivity contribution in [2.45, 2.75) is 20.0 Å². The number of benzene rings is 3. The molecular weight excluding hydrogens is 457 g/mol. The predicted molar refractivity (Wildman–Crippen MR) is 129 cm³/mol. The van der Waals surface area contributed by atoms with E-state index in [1.165, 1.54) is 18.2 Å². The van der Waals surface area contributed by atoms with Crippen LogP contribution in [0, 0.1) is 6.92 Å². The van der Waals surface area contributed by atoms with Crippen molar-refractivity contribution in [2.24, 2.45) is 0 Å². The maximum absolute atomic E-state index is 13.1. The van der Waals surface area contributed by atoms with Crippen LogP contribution in [0.3, 0.4) is 0 Å². The molecule has 0 bridgehead atoms. The lowest BCUT2D eigenvalue weighted by molar-refractivity contribution is -0.137. The Morgan fingerprint density at radius 3 is 2.49 bits per heavy atom. The number of carbonyl (C=O) groups is 2. The maximum Gasteiger partial charge on any atom is 0.416 e. The van der Waals surface area contributed by atoms with Gasteiger partial charge in [-0.15, -0.1) is 0 Å². The van der Waals surface area contributed by atoms with Gasteiger partial charge in [0.2, 0.25) is 11.9 Å². The molecule has 9 heteroatoms. The molecule has 0 aliphatic heterocycles. The first kappa shape index (κ1) is 23.7. The molecule has 2 amide bonds. The number of hydrogen-bond donors (Lipinski definition) is 2. The Bertz CT molecular complexity index is 1450. The number of alkyl halides is 3. The summed E-state index contributed by atoms with van der Waals surface area (Å²) in [6.07, 6.45) is -1.56. The number of hydrogen-bond acceptors (Lipinski definition) is 3. The van der Waals surface area contributed by atoms with Crippen LogP contribution in [0.5, 0.6) is 0 Å². The van der Waals surface area contributed by atoms with Crippen molar-refractivity contribution < 1.29 is 22.8 Å². The number of carbonyl (C=O) groups excluding carboxylic acids is 2. The molecule has 0 fully saturated rings. The van der Waals surface area contributed by atoms with E-state index in [9.17, 15) is 22.8 Å². The molecule has 0 unspecified atom stereocenters. The van der Waals surface area contributed by atoms with Gasteiger partial charge in [0.05, 0.1) is 22.3 Å². The molecule has 1 heterocycles. The Hall–Kier alpha value is -4.40. The number of aryl methyl sites for hydroxylation is 1. The van der Waals surface area contributed by atoms with Crippen LogP contribution in [0.15, 0.2) is 78.9 Å². The van der Waals surface area contributed by atoms with E-state index in [1.54, 1.807) is 41.8 Å². The van der Waals surface area contributed by atoms with Gasteiger partial charge in [-0.05, 0) is 74.0 Å². The minimum Gasteiger partial charge on any atom is -0.322 e. The highest BCUT2D eigenvalue weighted by Crippen LogP contribution is 2.30. The first-order valence-electron chi connectivity index (χ1n) is 10.7. The molecule has 0 spiro atoms. The molecule has 0 atom stereocenters. The second-order valence-corrected chi connectivity index (χ2v) is 7.84. The van der Waals surface area contributed by atoms with Crippen molar-refractivity contribution in [1.82, 2.24) is 9.55 Å². The van der Waals surface area contributed by atoms with Gasteiger partial charge >= 0.3 is 6.18 Å². The fourth-order valence-electron chi connectivity index (χ4n) is 3.60. The van der Waals surface area contributed by atoms with Gasteiger partial charge in [-0.3, -0.25) is 19.5 Å². The largest absolute Gasteiger partial charge is 0.416 e. The molecule has 6 nitrogen and oxygen atoms in total. The van der Waals surface area contributed by atoms with Gasteiger partial charge in [0.1, 0.15) is 0 Å². The fourth-order valence-corrected chi connectivity index (χ4v) is 3.60. The van der Waals surface area contributed by atoms with Crippen LogP contribution < -0.4 is 10.6 Å². The SMILES string of the molecule is CC=CC(=O)Nc1cccc(-n2c(NC(=O)c3cccc(C(F)(F)F)c3)nc3cc(C)ccc32)c1. The molecule has 0 saturated carbocycles. The number of amides is 2. The first-order chi connectivity index (χ1) is 16.7. The van der Waals surface area contributed by atoms with E-state index < -0.39 is 17.6 Å². The van der Waals surface area contributed by atoms with E-state index in [4.69, 9.17) is 0 Å². The molecule has 178 valence electrons. The zero-order valence-corrected chi connectivity index (χ0v) is 18.9. The van der Waals surface area contributed by atoms with Crippen LogP contribution in [-0.4, -0.2) is 21.4 Å². The normalized spacial score (nSPS) is 11.7. The van der Waals surface area contributed by atoms with Crippen molar-refractivity contribution in [3.8, 4) is 5.69 Å². The van der Waals surface area contributed by atoms with Crippen LogP contribution in [0.4, 0.5) is 24.8 Å². The lowest BCUT2D eigenvalue weighted by Gasteiger charge is -2.13. The summed E-state index contributed by atoms with van der Waals surface area (Å²) < 4.78 is 41.0. The molecule has 2 N–H and O–H groups in total. The second-order valence-electron chi connectivity index (χ2n) is 7.84. The molecule has 4 aromatic rings. The summed E-state index contributed by atoms with van der Waals surface area (Å²) in [6.45, 7) is 3.63. The average molecular weight is 478 g/mol. The highest BCUT2D eigenvalue weighted by molar-refractivity contribution is 6.04. The van der Waals surface area contributed by atoms with Gasteiger partial charge < -0.3 is 5.32 Å². The predicted octanol–water partition coefficient (Wildman–Crippen LogP) is 6.12. The monoisotopic (exact) mass is 478 g/mol. The minimum atomic E-state index is -4.57. The molecule has 35 heavy (non-hydrogen) atoms. The summed E-state index contributed by atoms with van der Waals surface area (Å²) in [5.74, 6) is -0.902. The van der Waals surface area contributed by atoms with Gasteiger partial charge in [0.15, 0.2) is 0 Å². The Labute approximate surface area is 199 Å². The molecule has 0 aliphatic rings. The molecule has 1 aromatic heterocycles. The maximum atomic E-state index is 13.1. The number of halogens is 3. The molecule has 0 aliphatic carbocycles. The number of allylic oxidation sites excluding steroid dienone is 1. The molecule has 3 aromatic carbocycles. The van der Waals surface area contributed by atoms with Crippen molar-refractivity contribution in [2.75, 3.05) is 10.6 Å². The van der Waals surface area contributed by atoms with E-state index in [0.29, 0.717) is 22.4 Å². The van der Waals surface area contributed by atoms with E-state index in [1.807, 2.05) is 25.1 Å². The number of rotatable bonds is 5. The first-order valence-corrected chi connectivity index (χ1v) is 10.7. The summed E-state index contributed by atoms with van der Waals surface area (Å²) in [7, 11) is 0. The fraction of sp³-hybridized carbons (Fsp3) is 0.115. The standard InChI is InChI=1S/C26H21F3N4O2/c1-3-6-23(34)30-19-9-5-10-20(15-19)33-22-12-11-16(2)13-21(22)31-25(33)32-24(35)17-7-4-8-18(14-17)26(27,28)29/h3-15H,1-2H3,(H,30,34)(H,31,32,35). The van der Waals surface area contributed by atoms with Gasteiger partial charge in [0.25, 0.3) is 5.91 Å².